The molecule has 22 heavy (non-hydrogen) atoms. The Morgan fingerprint density at radius 2 is 1.82 bits per heavy atom. The van der Waals surface area contributed by atoms with Gasteiger partial charge in [0.15, 0.2) is 0 Å². The fourth-order valence-electron chi connectivity index (χ4n) is 2.02. The molecule has 0 saturated carbocycles. The summed E-state index contributed by atoms with van der Waals surface area (Å²) in [6.45, 7) is 1.77. The predicted molar refractivity (Wildman–Crippen MR) is 84.7 cm³/mol. The fourth-order valence-corrected chi connectivity index (χ4v) is 2.02. The van der Waals surface area contributed by atoms with Crippen molar-refractivity contribution >= 4 is 17.5 Å². The van der Waals surface area contributed by atoms with Crippen molar-refractivity contribution in [3.05, 3.63) is 60.2 Å². The van der Waals surface area contributed by atoms with E-state index in [0.717, 1.165) is 0 Å². The molecule has 1 unspecified atom stereocenters. The Hall–Kier alpha value is -2.82. The minimum absolute atomic E-state index is 0.0863. The van der Waals surface area contributed by atoms with E-state index in [4.69, 9.17) is 0 Å². The van der Waals surface area contributed by atoms with Crippen LogP contribution in [0.5, 0.6) is 5.75 Å². The SMILES string of the molecule is CC(CC(=O)Nc1cccc(O)c1)NC(=O)c1ccccc1. The van der Waals surface area contributed by atoms with Gasteiger partial charge in [-0.25, -0.2) is 0 Å². The molecule has 114 valence electrons. The van der Waals surface area contributed by atoms with Gasteiger partial charge in [0.05, 0.1) is 0 Å². The zero-order valence-corrected chi connectivity index (χ0v) is 12.2. The molecule has 0 fully saturated rings. The highest BCUT2D eigenvalue weighted by atomic mass is 16.3. The lowest BCUT2D eigenvalue weighted by Gasteiger charge is -2.14. The van der Waals surface area contributed by atoms with Crippen LogP contribution in [-0.4, -0.2) is 23.0 Å². The zero-order chi connectivity index (χ0) is 15.9. The second-order valence-corrected chi connectivity index (χ2v) is 5.04. The van der Waals surface area contributed by atoms with Gasteiger partial charge in [0.25, 0.3) is 5.91 Å². The van der Waals surface area contributed by atoms with Crippen molar-refractivity contribution in [2.45, 2.75) is 19.4 Å². The number of phenols is 1. The van der Waals surface area contributed by atoms with Crippen LogP contribution in [0.3, 0.4) is 0 Å². The molecular formula is C17H18N2O3. The number of hydrogen-bond acceptors (Lipinski definition) is 3. The number of hydrogen-bond donors (Lipinski definition) is 3. The number of amides is 2. The van der Waals surface area contributed by atoms with Gasteiger partial charge in [-0.2, -0.15) is 0 Å². The third-order valence-electron chi connectivity index (χ3n) is 3.03. The monoisotopic (exact) mass is 298 g/mol. The summed E-state index contributed by atoms with van der Waals surface area (Å²) >= 11 is 0. The number of carbonyl (C=O) groups excluding carboxylic acids is 2. The van der Waals surface area contributed by atoms with E-state index in [1.165, 1.54) is 12.1 Å². The standard InChI is InChI=1S/C17H18N2O3/c1-12(18-17(22)13-6-3-2-4-7-13)10-16(21)19-14-8-5-9-15(20)11-14/h2-9,11-12,20H,10H2,1H3,(H,18,22)(H,19,21). The molecule has 0 heterocycles. The molecule has 2 amide bonds. The van der Waals surface area contributed by atoms with E-state index in [9.17, 15) is 14.7 Å². The van der Waals surface area contributed by atoms with Gasteiger partial charge >= 0.3 is 0 Å². The zero-order valence-electron chi connectivity index (χ0n) is 12.2. The van der Waals surface area contributed by atoms with Crippen LogP contribution in [0.2, 0.25) is 0 Å². The first-order chi connectivity index (χ1) is 10.5. The van der Waals surface area contributed by atoms with Crippen molar-refractivity contribution in [1.82, 2.24) is 5.32 Å². The van der Waals surface area contributed by atoms with Crippen molar-refractivity contribution in [1.29, 1.82) is 0 Å². The Kier molecular flexibility index (Phi) is 5.14. The van der Waals surface area contributed by atoms with Crippen LogP contribution in [0.1, 0.15) is 23.7 Å². The predicted octanol–water partition coefficient (Wildman–Crippen LogP) is 2.54. The maximum atomic E-state index is 12.0. The lowest BCUT2D eigenvalue weighted by Crippen LogP contribution is -2.35. The molecule has 2 aromatic carbocycles. The summed E-state index contributed by atoms with van der Waals surface area (Å²) in [5, 5.41) is 14.8. The smallest absolute Gasteiger partial charge is 0.251 e. The van der Waals surface area contributed by atoms with Crippen LogP contribution >= 0.6 is 0 Å². The first kappa shape index (κ1) is 15.6. The van der Waals surface area contributed by atoms with Crippen molar-refractivity contribution in [3.63, 3.8) is 0 Å². The topological polar surface area (TPSA) is 78.4 Å². The van der Waals surface area contributed by atoms with E-state index >= 15 is 0 Å². The quantitative estimate of drug-likeness (QED) is 0.793. The molecule has 2 aromatic rings. The summed E-state index contributed by atoms with van der Waals surface area (Å²) < 4.78 is 0. The lowest BCUT2D eigenvalue weighted by atomic mass is 10.1. The van der Waals surface area contributed by atoms with Gasteiger partial charge in [-0.05, 0) is 31.2 Å². The minimum Gasteiger partial charge on any atom is -0.508 e. The van der Waals surface area contributed by atoms with Gasteiger partial charge in [0, 0.05) is 29.8 Å². The molecule has 3 N–H and O–H groups in total. The molecular weight excluding hydrogens is 280 g/mol. The number of benzene rings is 2. The van der Waals surface area contributed by atoms with Crippen molar-refractivity contribution in [2.75, 3.05) is 5.32 Å². The van der Waals surface area contributed by atoms with Crippen LogP contribution < -0.4 is 10.6 Å². The average Bonchev–Trinajstić information content (AvgIpc) is 2.47. The van der Waals surface area contributed by atoms with Crippen LogP contribution in [0.25, 0.3) is 0 Å². The second-order valence-electron chi connectivity index (χ2n) is 5.04. The third-order valence-corrected chi connectivity index (χ3v) is 3.03. The lowest BCUT2D eigenvalue weighted by molar-refractivity contribution is -0.116. The molecule has 0 aliphatic rings. The summed E-state index contributed by atoms with van der Waals surface area (Å²) in [5.74, 6) is -0.354. The number of aromatic hydroxyl groups is 1. The Morgan fingerprint density at radius 1 is 1.09 bits per heavy atom. The van der Waals surface area contributed by atoms with Gasteiger partial charge < -0.3 is 15.7 Å². The highest BCUT2D eigenvalue weighted by Crippen LogP contribution is 2.15. The van der Waals surface area contributed by atoms with Crippen LogP contribution in [0, 0.1) is 0 Å². The molecule has 1 atom stereocenters. The Labute approximate surface area is 129 Å². The molecule has 0 aliphatic heterocycles. The Bertz CT molecular complexity index is 656. The molecule has 5 nitrogen and oxygen atoms in total. The van der Waals surface area contributed by atoms with E-state index in [2.05, 4.69) is 10.6 Å². The normalized spacial score (nSPS) is 11.5. The highest BCUT2D eigenvalue weighted by molar-refractivity contribution is 5.95. The van der Waals surface area contributed by atoms with Gasteiger partial charge in [0.2, 0.25) is 5.91 Å². The van der Waals surface area contributed by atoms with E-state index in [1.54, 1.807) is 43.3 Å². The van der Waals surface area contributed by atoms with Gasteiger partial charge in [-0.1, -0.05) is 24.3 Å². The maximum absolute atomic E-state index is 12.0. The number of phenolic OH excluding ortho intramolecular Hbond substituents is 1. The molecule has 0 radical (unpaired) electrons. The minimum atomic E-state index is -0.301. The summed E-state index contributed by atoms with van der Waals surface area (Å²) in [6, 6.07) is 14.9. The van der Waals surface area contributed by atoms with Crippen LogP contribution in [0.15, 0.2) is 54.6 Å². The molecule has 0 saturated heterocycles. The second kappa shape index (κ2) is 7.26. The van der Waals surface area contributed by atoms with E-state index in [0.29, 0.717) is 11.3 Å². The number of carbonyl (C=O) groups is 2. The van der Waals surface area contributed by atoms with Crippen LogP contribution in [-0.2, 0) is 4.79 Å². The number of anilines is 1. The first-order valence-electron chi connectivity index (χ1n) is 6.99. The Morgan fingerprint density at radius 3 is 2.50 bits per heavy atom. The summed E-state index contributed by atoms with van der Waals surface area (Å²) in [5.41, 5.74) is 1.08. The first-order valence-corrected chi connectivity index (χ1v) is 6.99. The number of rotatable bonds is 5. The van der Waals surface area contributed by atoms with Gasteiger partial charge in [-0.3, -0.25) is 9.59 Å². The van der Waals surface area contributed by atoms with Gasteiger partial charge in [-0.15, -0.1) is 0 Å². The van der Waals surface area contributed by atoms with Gasteiger partial charge in [0.1, 0.15) is 5.75 Å². The molecule has 0 aliphatic carbocycles. The van der Waals surface area contributed by atoms with E-state index in [-0.39, 0.29) is 30.0 Å². The van der Waals surface area contributed by atoms with Crippen molar-refractivity contribution in [3.8, 4) is 5.75 Å². The Balaban J connectivity index is 1.85. The van der Waals surface area contributed by atoms with E-state index < -0.39 is 0 Å². The molecule has 0 aromatic heterocycles. The largest absolute Gasteiger partial charge is 0.508 e. The third kappa shape index (κ3) is 4.63. The summed E-state index contributed by atoms with van der Waals surface area (Å²) in [7, 11) is 0. The molecule has 0 spiro atoms. The summed E-state index contributed by atoms with van der Waals surface area (Å²) in [6.07, 6.45) is 0.147. The highest BCUT2D eigenvalue weighted by Gasteiger charge is 2.13. The fraction of sp³-hybridized carbons (Fsp3) is 0.176. The molecule has 0 bridgehead atoms. The molecule has 5 heteroatoms. The molecule has 2 rings (SSSR count). The average molecular weight is 298 g/mol. The summed E-state index contributed by atoms with van der Waals surface area (Å²) in [4.78, 5) is 23.9. The maximum Gasteiger partial charge on any atom is 0.251 e. The number of nitrogens with one attached hydrogen (secondary N) is 2. The van der Waals surface area contributed by atoms with Crippen LogP contribution in [0.4, 0.5) is 5.69 Å². The van der Waals surface area contributed by atoms with Crippen molar-refractivity contribution in [2.24, 2.45) is 0 Å². The van der Waals surface area contributed by atoms with E-state index in [1.807, 2.05) is 6.07 Å². The van der Waals surface area contributed by atoms with Crippen molar-refractivity contribution < 1.29 is 14.7 Å².